The molecule has 17 heteroatoms. The number of hydrogen-bond acceptors (Lipinski definition) is 12. The summed E-state index contributed by atoms with van der Waals surface area (Å²) in [5.41, 5.74) is 7.60. The first-order chi connectivity index (χ1) is 27.2. The van der Waals surface area contributed by atoms with Crippen molar-refractivity contribution in [2.24, 2.45) is 5.41 Å². The van der Waals surface area contributed by atoms with Gasteiger partial charge in [-0.3, -0.25) is 18.8 Å². The Bertz CT molecular complexity index is 2840. The third-order valence-electron chi connectivity index (χ3n) is 8.93. The van der Waals surface area contributed by atoms with Crippen LogP contribution in [-0.2, 0) is 9.84 Å². The summed E-state index contributed by atoms with van der Waals surface area (Å²) in [6, 6.07) is 15.6. The minimum atomic E-state index is -3.57. The normalized spacial score (nSPS) is 11.8. The maximum atomic E-state index is 13.5. The van der Waals surface area contributed by atoms with E-state index in [9.17, 15) is 22.3 Å². The lowest BCUT2D eigenvalue weighted by Gasteiger charge is -2.21. The number of rotatable bonds is 9. The van der Waals surface area contributed by atoms with Gasteiger partial charge in [0.05, 0.1) is 45.6 Å². The average Bonchev–Trinajstić information content (AvgIpc) is 3.79. The lowest BCUT2D eigenvalue weighted by Crippen LogP contribution is -2.27. The third kappa shape index (κ3) is 8.20. The van der Waals surface area contributed by atoms with Crippen LogP contribution in [0.1, 0.15) is 25.2 Å². The van der Waals surface area contributed by atoms with E-state index in [1.807, 2.05) is 44.4 Å². The fraction of sp³-hybridized carbons (Fsp3) is 0.200. The molecule has 0 aliphatic carbocycles. The molecule has 0 aliphatic rings. The standard InChI is InChI=1S/C22H23FN6O.C18H14FN5O2S/c1-14-20-28-18(15-4-6-16(23)7-5-15)19(29(20)11-10-24-14)17-8-9-25-21(27-17)26-12-22(2,3)13-30;1-11-17-23-15(12-3-5-13(19)6-4-12)16(24(17)10-9-20-11)14-7-8-21-18(22-14)27(2,25)26/h4-11,30H,12-13H2,1-3H3,(H,25,26,27);3-10H,1-2H3. The fourth-order valence-corrected chi connectivity index (χ4v) is 6.43. The number of hydrogen-bond donors (Lipinski definition) is 2. The summed E-state index contributed by atoms with van der Waals surface area (Å²) < 4.78 is 54.3. The van der Waals surface area contributed by atoms with Crippen molar-refractivity contribution in [3.63, 3.8) is 0 Å². The number of halogens is 2. The maximum Gasteiger partial charge on any atom is 0.247 e. The van der Waals surface area contributed by atoms with Crippen LogP contribution in [0.4, 0.5) is 14.7 Å². The highest BCUT2D eigenvalue weighted by Gasteiger charge is 2.22. The smallest absolute Gasteiger partial charge is 0.247 e. The van der Waals surface area contributed by atoms with E-state index in [0.29, 0.717) is 63.5 Å². The summed E-state index contributed by atoms with van der Waals surface area (Å²) in [4.78, 5) is 35.0. The van der Waals surface area contributed by atoms with Crippen LogP contribution < -0.4 is 5.32 Å². The molecule has 0 fully saturated rings. The Balaban J connectivity index is 0.000000175. The molecule has 0 unspecified atom stereocenters. The Morgan fingerprint density at radius 2 is 1.14 bits per heavy atom. The topological polar surface area (TPSA) is 178 Å². The number of aromatic nitrogens is 10. The summed E-state index contributed by atoms with van der Waals surface area (Å²) in [7, 11) is -3.57. The van der Waals surface area contributed by atoms with Gasteiger partial charge in [0, 0.05) is 73.1 Å². The van der Waals surface area contributed by atoms with Crippen molar-refractivity contribution < 1.29 is 22.3 Å². The first-order valence-electron chi connectivity index (χ1n) is 17.6. The Labute approximate surface area is 326 Å². The lowest BCUT2D eigenvalue weighted by atomic mass is 9.95. The van der Waals surface area contributed by atoms with Crippen LogP contribution in [0.15, 0.2) is 103 Å². The van der Waals surface area contributed by atoms with E-state index in [1.54, 1.807) is 59.5 Å². The van der Waals surface area contributed by atoms with E-state index < -0.39 is 9.84 Å². The van der Waals surface area contributed by atoms with Gasteiger partial charge in [0.1, 0.15) is 11.6 Å². The Morgan fingerprint density at radius 1 is 0.667 bits per heavy atom. The van der Waals surface area contributed by atoms with Crippen LogP contribution in [0.2, 0.25) is 0 Å². The SMILES string of the molecule is Cc1nccn2c(-c3ccnc(NCC(C)(C)CO)n3)c(-c3ccc(F)cc3)nc12.Cc1nccn2c(-c3ccnc(S(C)(=O)=O)n3)c(-c3ccc(F)cc3)nc12. The summed E-state index contributed by atoms with van der Waals surface area (Å²) in [5.74, 6) is -0.204. The molecule has 6 aromatic heterocycles. The molecule has 0 spiro atoms. The van der Waals surface area contributed by atoms with Crippen molar-refractivity contribution in [1.82, 2.24) is 48.7 Å². The number of fused-ring (bicyclic) bond motifs is 2. The van der Waals surface area contributed by atoms with Gasteiger partial charge in [0.25, 0.3) is 0 Å². The molecule has 8 rings (SSSR count). The van der Waals surface area contributed by atoms with E-state index >= 15 is 0 Å². The molecule has 14 nitrogen and oxygen atoms in total. The number of sulfone groups is 1. The van der Waals surface area contributed by atoms with Gasteiger partial charge in [0.15, 0.2) is 11.3 Å². The number of imidazole rings is 2. The average molecular weight is 790 g/mol. The molecule has 290 valence electrons. The first-order valence-corrected chi connectivity index (χ1v) is 19.5. The second-order valence-electron chi connectivity index (χ2n) is 14.0. The second-order valence-corrected chi connectivity index (χ2v) is 15.9. The van der Waals surface area contributed by atoms with Crippen molar-refractivity contribution in [1.29, 1.82) is 0 Å². The molecule has 0 aliphatic heterocycles. The van der Waals surface area contributed by atoms with Crippen molar-refractivity contribution >= 4 is 27.1 Å². The summed E-state index contributed by atoms with van der Waals surface area (Å²) >= 11 is 0. The molecule has 0 bridgehead atoms. The zero-order valence-electron chi connectivity index (χ0n) is 31.6. The Kier molecular flexibility index (Phi) is 10.5. The Morgan fingerprint density at radius 3 is 1.61 bits per heavy atom. The minimum absolute atomic E-state index is 0.0495. The van der Waals surface area contributed by atoms with Crippen molar-refractivity contribution in [3.8, 4) is 45.3 Å². The fourth-order valence-electron chi connectivity index (χ4n) is 5.91. The minimum Gasteiger partial charge on any atom is -0.396 e. The van der Waals surface area contributed by atoms with Crippen LogP contribution in [-0.4, -0.2) is 81.6 Å². The zero-order chi connectivity index (χ0) is 40.5. The molecule has 2 N–H and O–H groups in total. The molecule has 0 radical (unpaired) electrons. The van der Waals surface area contributed by atoms with E-state index in [0.717, 1.165) is 23.2 Å². The highest BCUT2D eigenvalue weighted by atomic mass is 32.2. The number of nitrogens with zero attached hydrogens (tertiary/aromatic N) is 10. The highest BCUT2D eigenvalue weighted by molar-refractivity contribution is 7.90. The predicted molar refractivity (Wildman–Crippen MR) is 211 cm³/mol. The quantitative estimate of drug-likeness (QED) is 0.153. The monoisotopic (exact) mass is 789 g/mol. The van der Waals surface area contributed by atoms with Crippen LogP contribution in [0, 0.1) is 30.9 Å². The molecule has 6 heterocycles. The predicted octanol–water partition coefficient (Wildman–Crippen LogP) is 6.44. The molecule has 0 saturated heterocycles. The van der Waals surface area contributed by atoms with E-state index in [-0.39, 0.29) is 28.8 Å². The van der Waals surface area contributed by atoms with Gasteiger partial charge in [0.2, 0.25) is 20.9 Å². The van der Waals surface area contributed by atoms with E-state index in [4.69, 9.17) is 4.98 Å². The van der Waals surface area contributed by atoms with Crippen LogP contribution in [0.25, 0.3) is 56.6 Å². The van der Waals surface area contributed by atoms with Gasteiger partial charge < -0.3 is 10.4 Å². The van der Waals surface area contributed by atoms with Gasteiger partial charge >= 0.3 is 0 Å². The number of anilines is 1. The molecular formula is C40H37F2N11O3S. The van der Waals surface area contributed by atoms with Gasteiger partial charge in [-0.2, -0.15) is 0 Å². The molecule has 0 amide bonds. The second kappa shape index (κ2) is 15.5. The van der Waals surface area contributed by atoms with Gasteiger partial charge in [-0.15, -0.1) is 0 Å². The van der Waals surface area contributed by atoms with Crippen molar-refractivity contribution in [3.05, 3.63) is 121 Å². The first kappa shape index (κ1) is 38.7. The molecule has 8 aromatic rings. The number of aliphatic hydroxyl groups is 1. The lowest BCUT2D eigenvalue weighted by molar-refractivity contribution is 0.170. The summed E-state index contributed by atoms with van der Waals surface area (Å²) in [5, 5.41) is 12.4. The number of benzene rings is 2. The summed E-state index contributed by atoms with van der Waals surface area (Å²) in [6.07, 6.45) is 11.0. The van der Waals surface area contributed by atoms with Crippen LogP contribution in [0.3, 0.4) is 0 Å². The third-order valence-corrected chi connectivity index (χ3v) is 9.79. The number of aryl methyl sites for hydroxylation is 2. The van der Waals surface area contributed by atoms with Gasteiger partial charge in [-0.25, -0.2) is 47.1 Å². The van der Waals surface area contributed by atoms with E-state index in [2.05, 4.69) is 40.2 Å². The van der Waals surface area contributed by atoms with Crippen molar-refractivity contribution in [2.75, 3.05) is 24.7 Å². The largest absolute Gasteiger partial charge is 0.396 e. The van der Waals surface area contributed by atoms with Crippen LogP contribution >= 0.6 is 0 Å². The number of aliphatic hydroxyl groups excluding tert-OH is 1. The molecule has 0 saturated carbocycles. The van der Waals surface area contributed by atoms with Crippen LogP contribution in [0.5, 0.6) is 0 Å². The van der Waals surface area contributed by atoms with E-state index in [1.165, 1.54) is 30.5 Å². The molecular weight excluding hydrogens is 753 g/mol. The Hall–Kier alpha value is -6.59. The zero-order valence-corrected chi connectivity index (χ0v) is 32.4. The van der Waals surface area contributed by atoms with Gasteiger partial charge in [-0.05, 0) is 74.5 Å². The molecule has 2 aromatic carbocycles. The van der Waals surface area contributed by atoms with Gasteiger partial charge in [-0.1, -0.05) is 13.8 Å². The molecule has 0 atom stereocenters. The maximum absolute atomic E-state index is 13.5. The summed E-state index contributed by atoms with van der Waals surface area (Å²) in [6.45, 7) is 8.20. The highest BCUT2D eigenvalue weighted by Crippen LogP contribution is 2.34. The molecule has 57 heavy (non-hydrogen) atoms. The number of nitrogens with one attached hydrogen (secondary N) is 1. The van der Waals surface area contributed by atoms with Crippen molar-refractivity contribution in [2.45, 2.75) is 32.9 Å².